The lowest BCUT2D eigenvalue weighted by molar-refractivity contribution is 0.0930. The zero-order valence-electron chi connectivity index (χ0n) is 11.3. The Balaban J connectivity index is 1.39. The van der Waals surface area contributed by atoms with Gasteiger partial charge in [-0.05, 0) is 23.8 Å². The van der Waals surface area contributed by atoms with E-state index in [1.807, 2.05) is 42.1 Å². The summed E-state index contributed by atoms with van der Waals surface area (Å²) in [5, 5.41) is 0. The Kier molecular flexibility index (Phi) is 4.61. The van der Waals surface area contributed by atoms with Gasteiger partial charge in [0.2, 0.25) is 0 Å². The number of benzene rings is 2. The van der Waals surface area contributed by atoms with Crippen LogP contribution in [0.1, 0.15) is 11.5 Å². The van der Waals surface area contributed by atoms with Gasteiger partial charge in [0.15, 0.2) is 0 Å². The van der Waals surface area contributed by atoms with Gasteiger partial charge in [-0.1, -0.05) is 36.4 Å². The van der Waals surface area contributed by atoms with E-state index in [0.29, 0.717) is 19.1 Å². The minimum atomic E-state index is 0.521. The van der Waals surface area contributed by atoms with Crippen molar-refractivity contribution in [1.82, 2.24) is 0 Å². The lowest BCUT2D eigenvalue weighted by Crippen LogP contribution is -2.12. The largest absolute Gasteiger partial charge is 0.491 e. The van der Waals surface area contributed by atoms with Crippen LogP contribution in [0.5, 0.6) is 5.75 Å². The van der Waals surface area contributed by atoms with Crippen LogP contribution in [0.3, 0.4) is 0 Å². The standard InChI is InChI=1S/C17H18O2S/c1-2-6-15(7-3-1)19-11-10-18-12-14-13-20-17-9-5-4-8-16(14)17/h1-9,14H,10-13H2. The normalized spacial score (nSPS) is 16.9. The summed E-state index contributed by atoms with van der Waals surface area (Å²) in [6.45, 7) is 2.02. The summed E-state index contributed by atoms with van der Waals surface area (Å²) in [5.74, 6) is 2.55. The molecule has 0 saturated carbocycles. The molecule has 1 unspecified atom stereocenters. The summed E-state index contributed by atoms with van der Waals surface area (Å²) < 4.78 is 11.4. The third-order valence-corrected chi connectivity index (χ3v) is 4.61. The third kappa shape index (κ3) is 3.35. The second-order valence-electron chi connectivity index (χ2n) is 4.78. The first-order valence-electron chi connectivity index (χ1n) is 6.91. The molecule has 0 bridgehead atoms. The Morgan fingerprint density at radius 2 is 1.75 bits per heavy atom. The smallest absolute Gasteiger partial charge is 0.119 e. The quantitative estimate of drug-likeness (QED) is 0.749. The molecule has 0 aliphatic carbocycles. The Hall–Kier alpha value is -1.45. The van der Waals surface area contributed by atoms with E-state index in [0.717, 1.165) is 18.1 Å². The highest BCUT2D eigenvalue weighted by Crippen LogP contribution is 2.39. The average Bonchev–Trinajstić information content (AvgIpc) is 2.91. The first-order chi connectivity index (χ1) is 9.93. The second kappa shape index (κ2) is 6.82. The Morgan fingerprint density at radius 3 is 2.65 bits per heavy atom. The number of thioether (sulfide) groups is 1. The van der Waals surface area contributed by atoms with Crippen molar-refractivity contribution in [3.05, 3.63) is 60.2 Å². The van der Waals surface area contributed by atoms with Crippen LogP contribution >= 0.6 is 11.8 Å². The maximum Gasteiger partial charge on any atom is 0.119 e. The number of hydrogen-bond acceptors (Lipinski definition) is 3. The van der Waals surface area contributed by atoms with Crippen LogP contribution in [0.15, 0.2) is 59.5 Å². The van der Waals surface area contributed by atoms with Gasteiger partial charge in [0, 0.05) is 16.6 Å². The SMILES string of the molecule is c1ccc(OCCOCC2CSc3ccccc32)cc1. The second-order valence-corrected chi connectivity index (χ2v) is 5.84. The number of ether oxygens (including phenoxy) is 2. The molecule has 0 amide bonds. The predicted molar refractivity (Wildman–Crippen MR) is 82.7 cm³/mol. The van der Waals surface area contributed by atoms with Gasteiger partial charge in [-0.15, -0.1) is 11.8 Å². The molecule has 1 atom stereocenters. The third-order valence-electron chi connectivity index (χ3n) is 3.36. The van der Waals surface area contributed by atoms with Crippen LogP contribution in [-0.4, -0.2) is 25.6 Å². The van der Waals surface area contributed by atoms with Crippen LogP contribution in [-0.2, 0) is 4.74 Å². The van der Waals surface area contributed by atoms with Crippen molar-refractivity contribution in [3.63, 3.8) is 0 Å². The van der Waals surface area contributed by atoms with Crippen LogP contribution in [0.25, 0.3) is 0 Å². The van der Waals surface area contributed by atoms with Crippen molar-refractivity contribution in [2.45, 2.75) is 10.8 Å². The lowest BCUT2D eigenvalue weighted by Gasteiger charge is -2.12. The molecule has 2 aromatic carbocycles. The maximum atomic E-state index is 5.76. The van der Waals surface area contributed by atoms with Crippen molar-refractivity contribution >= 4 is 11.8 Å². The summed E-state index contributed by atoms with van der Waals surface area (Å²) in [6, 6.07) is 18.5. The molecule has 0 saturated heterocycles. The number of rotatable bonds is 6. The van der Waals surface area contributed by atoms with Gasteiger partial charge >= 0.3 is 0 Å². The van der Waals surface area contributed by atoms with Gasteiger partial charge < -0.3 is 9.47 Å². The molecule has 0 aromatic heterocycles. The first kappa shape index (κ1) is 13.5. The molecule has 0 N–H and O–H groups in total. The van der Waals surface area contributed by atoms with Crippen molar-refractivity contribution in [1.29, 1.82) is 0 Å². The molecule has 1 aliphatic rings. The van der Waals surface area contributed by atoms with E-state index in [1.54, 1.807) is 0 Å². The zero-order chi connectivity index (χ0) is 13.6. The van der Waals surface area contributed by atoms with E-state index in [9.17, 15) is 0 Å². The monoisotopic (exact) mass is 286 g/mol. The number of hydrogen-bond donors (Lipinski definition) is 0. The molecular weight excluding hydrogens is 268 g/mol. The highest BCUT2D eigenvalue weighted by Gasteiger charge is 2.22. The topological polar surface area (TPSA) is 18.5 Å². The Bertz CT molecular complexity index is 542. The fourth-order valence-corrected chi connectivity index (χ4v) is 3.56. The van der Waals surface area contributed by atoms with Gasteiger partial charge in [-0.2, -0.15) is 0 Å². The first-order valence-corrected chi connectivity index (χ1v) is 7.89. The van der Waals surface area contributed by atoms with Crippen molar-refractivity contribution < 1.29 is 9.47 Å². The fraction of sp³-hybridized carbons (Fsp3) is 0.294. The zero-order valence-corrected chi connectivity index (χ0v) is 12.1. The number of para-hydroxylation sites is 1. The highest BCUT2D eigenvalue weighted by atomic mass is 32.2. The molecular formula is C17H18O2S. The van der Waals surface area contributed by atoms with Gasteiger partial charge in [0.25, 0.3) is 0 Å². The van der Waals surface area contributed by atoms with E-state index in [4.69, 9.17) is 9.47 Å². The molecule has 20 heavy (non-hydrogen) atoms. The van der Waals surface area contributed by atoms with Gasteiger partial charge in [0.1, 0.15) is 12.4 Å². The summed E-state index contributed by atoms with van der Waals surface area (Å²) in [7, 11) is 0. The lowest BCUT2D eigenvalue weighted by atomic mass is 10.0. The van der Waals surface area contributed by atoms with E-state index < -0.39 is 0 Å². The summed E-state index contributed by atoms with van der Waals surface area (Å²) in [4.78, 5) is 1.40. The molecule has 1 heterocycles. The van der Waals surface area contributed by atoms with Gasteiger partial charge in [0.05, 0.1) is 13.2 Å². The molecule has 0 spiro atoms. The minimum absolute atomic E-state index is 0.521. The molecule has 0 fully saturated rings. The maximum absolute atomic E-state index is 5.76. The van der Waals surface area contributed by atoms with Crippen LogP contribution < -0.4 is 4.74 Å². The summed E-state index contributed by atoms with van der Waals surface area (Å²) in [6.07, 6.45) is 0. The van der Waals surface area contributed by atoms with Crippen molar-refractivity contribution in [3.8, 4) is 5.75 Å². The van der Waals surface area contributed by atoms with E-state index in [1.165, 1.54) is 10.5 Å². The van der Waals surface area contributed by atoms with E-state index >= 15 is 0 Å². The average molecular weight is 286 g/mol. The van der Waals surface area contributed by atoms with Crippen molar-refractivity contribution in [2.75, 3.05) is 25.6 Å². The van der Waals surface area contributed by atoms with Gasteiger partial charge in [-0.25, -0.2) is 0 Å². The Labute approximate surface area is 124 Å². The van der Waals surface area contributed by atoms with Crippen LogP contribution in [0.4, 0.5) is 0 Å². The van der Waals surface area contributed by atoms with E-state index in [2.05, 4.69) is 24.3 Å². The molecule has 3 heteroatoms. The summed E-state index contributed by atoms with van der Waals surface area (Å²) in [5.41, 5.74) is 1.43. The van der Waals surface area contributed by atoms with Crippen LogP contribution in [0.2, 0.25) is 0 Å². The highest BCUT2D eigenvalue weighted by molar-refractivity contribution is 7.99. The van der Waals surface area contributed by atoms with Crippen LogP contribution in [0, 0.1) is 0 Å². The Morgan fingerprint density at radius 1 is 0.950 bits per heavy atom. The molecule has 3 rings (SSSR count). The van der Waals surface area contributed by atoms with E-state index in [-0.39, 0.29) is 0 Å². The molecule has 104 valence electrons. The molecule has 1 aliphatic heterocycles. The fourth-order valence-electron chi connectivity index (χ4n) is 2.33. The predicted octanol–water partition coefficient (Wildman–Crippen LogP) is 3.97. The minimum Gasteiger partial charge on any atom is -0.491 e. The summed E-state index contributed by atoms with van der Waals surface area (Å²) >= 11 is 1.93. The van der Waals surface area contributed by atoms with Crippen molar-refractivity contribution in [2.24, 2.45) is 0 Å². The molecule has 2 aromatic rings. The molecule has 0 radical (unpaired) electrons. The molecule has 2 nitrogen and oxygen atoms in total. The van der Waals surface area contributed by atoms with Gasteiger partial charge in [-0.3, -0.25) is 0 Å². The number of fused-ring (bicyclic) bond motifs is 1.